The van der Waals surface area contributed by atoms with Crippen molar-refractivity contribution in [3.63, 3.8) is 0 Å². The molecule has 0 bridgehead atoms. The maximum atomic E-state index is 4.64. The SMILES string of the molecule is CCNc1nc(-c2c[nH]c3c(CC)cccc23)cs1. The summed E-state index contributed by atoms with van der Waals surface area (Å²) in [5.74, 6) is 0. The predicted octanol–water partition coefficient (Wildman–Crippen LogP) is 4.29. The molecule has 98 valence electrons. The number of benzene rings is 1. The fraction of sp³-hybridized carbons (Fsp3) is 0.267. The van der Waals surface area contributed by atoms with E-state index in [1.807, 2.05) is 0 Å². The van der Waals surface area contributed by atoms with Crippen molar-refractivity contribution in [2.45, 2.75) is 20.3 Å². The van der Waals surface area contributed by atoms with Crippen LogP contribution in [0.2, 0.25) is 0 Å². The van der Waals surface area contributed by atoms with Gasteiger partial charge in [-0.2, -0.15) is 0 Å². The number of rotatable bonds is 4. The Labute approximate surface area is 116 Å². The molecule has 19 heavy (non-hydrogen) atoms. The minimum Gasteiger partial charge on any atom is -0.362 e. The molecule has 2 N–H and O–H groups in total. The summed E-state index contributed by atoms with van der Waals surface area (Å²) in [6, 6.07) is 6.45. The van der Waals surface area contributed by atoms with Crippen LogP contribution in [0, 0.1) is 0 Å². The molecule has 2 heterocycles. The number of aromatic amines is 1. The highest BCUT2D eigenvalue weighted by Gasteiger charge is 2.11. The first-order valence-electron chi connectivity index (χ1n) is 6.62. The second-order valence-electron chi connectivity index (χ2n) is 4.46. The van der Waals surface area contributed by atoms with Crippen LogP contribution in [0.5, 0.6) is 0 Å². The van der Waals surface area contributed by atoms with Gasteiger partial charge in [0.15, 0.2) is 5.13 Å². The molecular weight excluding hydrogens is 254 g/mol. The van der Waals surface area contributed by atoms with Gasteiger partial charge < -0.3 is 10.3 Å². The van der Waals surface area contributed by atoms with Gasteiger partial charge in [0, 0.05) is 34.6 Å². The molecular formula is C15H17N3S. The maximum Gasteiger partial charge on any atom is 0.183 e. The van der Waals surface area contributed by atoms with Crippen LogP contribution in [0.25, 0.3) is 22.2 Å². The number of aryl methyl sites for hydroxylation is 1. The largest absolute Gasteiger partial charge is 0.362 e. The average Bonchev–Trinajstić information content (AvgIpc) is 3.04. The van der Waals surface area contributed by atoms with Crippen molar-refractivity contribution in [2.24, 2.45) is 0 Å². The van der Waals surface area contributed by atoms with Crippen LogP contribution >= 0.6 is 11.3 Å². The Morgan fingerprint density at radius 1 is 1.32 bits per heavy atom. The summed E-state index contributed by atoms with van der Waals surface area (Å²) in [6.45, 7) is 5.17. The second-order valence-corrected chi connectivity index (χ2v) is 5.32. The van der Waals surface area contributed by atoms with Gasteiger partial charge in [0.2, 0.25) is 0 Å². The van der Waals surface area contributed by atoms with E-state index in [1.165, 1.54) is 22.0 Å². The number of H-pyrrole nitrogens is 1. The normalized spacial score (nSPS) is 11.1. The van der Waals surface area contributed by atoms with E-state index in [9.17, 15) is 0 Å². The number of anilines is 1. The van der Waals surface area contributed by atoms with Gasteiger partial charge in [0.05, 0.1) is 5.69 Å². The van der Waals surface area contributed by atoms with Gasteiger partial charge in [-0.3, -0.25) is 0 Å². The van der Waals surface area contributed by atoms with E-state index < -0.39 is 0 Å². The molecule has 0 spiro atoms. The highest BCUT2D eigenvalue weighted by Crippen LogP contribution is 2.32. The Morgan fingerprint density at radius 3 is 3.00 bits per heavy atom. The fourth-order valence-corrected chi connectivity index (χ4v) is 3.14. The Balaban J connectivity index is 2.09. The van der Waals surface area contributed by atoms with Gasteiger partial charge in [-0.05, 0) is 18.9 Å². The van der Waals surface area contributed by atoms with Crippen LogP contribution in [-0.2, 0) is 6.42 Å². The Morgan fingerprint density at radius 2 is 2.21 bits per heavy atom. The standard InChI is InChI=1S/C15H17N3S/c1-3-10-6-5-7-11-12(8-17-14(10)11)13-9-19-15(18-13)16-4-2/h5-9,17H,3-4H2,1-2H3,(H,16,18). The lowest BCUT2D eigenvalue weighted by molar-refractivity contribution is 1.15. The van der Waals surface area contributed by atoms with Crippen molar-refractivity contribution in [3.8, 4) is 11.3 Å². The molecule has 0 saturated heterocycles. The van der Waals surface area contributed by atoms with E-state index in [0.29, 0.717) is 0 Å². The van der Waals surface area contributed by atoms with Gasteiger partial charge >= 0.3 is 0 Å². The van der Waals surface area contributed by atoms with Gasteiger partial charge in [0.1, 0.15) is 0 Å². The molecule has 0 aliphatic heterocycles. The van der Waals surface area contributed by atoms with Crippen molar-refractivity contribution in [3.05, 3.63) is 35.3 Å². The smallest absolute Gasteiger partial charge is 0.183 e. The van der Waals surface area contributed by atoms with Crippen LogP contribution in [0.1, 0.15) is 19.4 Å². The Bertz CT molecular complexity index is 696. The molecule has 3 nitrogen and oxygen atoms in total. The minimum absolute atomic E-state index is 0.904. The summed E-state index contributed by atoms with van der Waals surface area (Å²) >= 11 is 1.65. The van der Waals surface area contributed by atoms with Crippen molar-refractivity contribution in [2.75, 3.05) is 11.9 Å². The molecule has 0 saturated carbocycles. The monoisotopic (exact) mass is 271 g/mol. The number of nitrogens with one attached hydrogen (secondary N) is 2. The van der Waals surface area contributed by atoms with E-state index in [0.717, 1.165) is 23.8 Å². The van der Waals surface area contributed by atoms with Gasteiger partial charge in [-0.1, -0.05) is 25.1 Å². The lowest BCUT2D eigenvalue weighted by Crippen LogP contribution is -1.94. The summed E-state index contributed by atoms with van der Waals surface area (Å²) in [5, 5.41) is 7.61. The van der Waals surface area contributed by atoms with Crippen molar-refractivity contribution >= 4 is 27.4 Å². The van der Waals surface area contributed by atoms with Gasteiger partial charge in [-0.15, -0.1) is 11.3 Å². The van der Waals surface area contributed by atoms with Crippen LogP contribution < -0.4 is 5.32 Å². The lowest BCUT2D eigenvalue weighted by Gasteiger charge is -1.99. The summed E-state index contributed by atoms with van der Waals surface area (Å²) in [7, 11) is 0. The van der Waals surface area contributed by atoms with E-state index in [4.69, 9.17) is 0 Å². The molecule has 0 atom stereocenters. The highest BCUT2D eigenvalue weighted by molar-refractivity contribution is 7.14. The molecule has 1 aromatic carbocycles. The lowest BCUT2D eigenvalue weighted by atomic mass is 10.1. The van der Waals surface area contributed by atoms with Crippen molar-refractivity contribution in [1.29, 1.82) is 0 Å². The van der Waals surface area contributed by atoms with Gasteiger partial charge in [-0.25, -0.2) is 4.98 Å². The number of nitrogens with zero attached hydrogens (tertiary/aromatic N) is 1. The van der Waals surface area contributed by atoms with Crippen LogP contribution in [0.3, 0.4) is 0 Å². The predicted molar refractivity (Wildman–Crippen MR) is 82.9 cm³/mol. The van der Waals surface area contributed by atoms with E-state index in [1.54, 1.807) is 11.3 Å². The molecule has 0 radical (unpaired) electrons. The molecule has 0 unspecified atom stereocenters. The van der Waals surface area contributed by atoms with Crippen LogP contribution in [0.4, 0.5) is 5.13 Å². The number of aromatic nitrogens is 2. The quantitative estimate of drug-likeness (QED) is 0.743. The van der Waals surface area contributed by atoms with E-state index in [2.05, 4.69) is 58.9 Å². The molecule has 3 rings (SSSR count). The topological polar surface area (TPSA) is 40.7 Å². The Kier molecular flexibility index (Phi) is 3.25. The molecule has 0 aliphatic carbocycles. The third-order valence-corrected chi connectivity index (χ3v) is 4.09. The fourth-order valence-electron chi connectivity index (χ4n) is 2.35. The molecule has 0 amide bonds. The highest BCUT2D eigenvalue weighted by atomic mass is 32.1. The first-order valence-corrected chi connectivity index (χ1v) is 7.50. The van der Waals surface area contributed by atoms with Crippen molar-refractivity contribution in [1.82, 2.24) is 9.97 Å². The number of hydrogen-bond acceptors (Lipinski definition) is 3. The molecule has 3 aromatic rings. The summed E-state index contributed by atoms with van der Waals surface area (Å²) in [4.78, 5) is 8.03. The van der Waals surface area contributed by atoms with E-state index in [-0.39, 0.29) is 0 Å². The first kappa shape index (κ1) is 12.2. The molecule has 2 aromatic heterocycles. The zero-order valence-electron chi connectivity index (χ0n) is 11.2. The first-order chi connectivity index (χ1) is 9.33. The van der Waals surface area contributed by atoms with Crippen LogP contribution in [-0.4, -0.2) is 16.5 Å². The maximum absolute atomic E-state index is 4.64. The number of para-hydroxylation sites is 1. The molecule has 4 heteroatoms. The number of hydrogen-bond donors (Lipinski definition) is 2. The Hall–Kier alpha value is -1.81. The summed E-state index contributed by atoms with van der Waals surface area (Å²) in [5.41, 5.74) is 4.81. The summed E-state index contributed by atoms with van der Waals surface area (Å²) in [6.07, 6.45) is 3.10. The molecule has 0 fully saturated rings. The average molecular weight is 271 g/mol. The number of fused-ring (bicyclic) bond motifs is 1. The third kappa shape index (κ3) is 2.12. The minimum atomic E-state index is 0.904. The van der Waals surface area contributed by atoms with Crippen molar-refractivity contribution < 1.29 is 0 Å². The van der Waals surface area contributed by atoms with Gasteiger partial charge in [0.25, 0.3) is 0 Å². The molecule has 0 aliphatic rings. The third-order valence-electron chi connectivity index (χ3n) is 3.29. The second kappa shape index (κ2) is 5.05. The van der Waals surface area contributed by atoms with E-state index >= 15 is 0 Å². The van der Waals surface area contributed by atoms with Crippen LogP contribution in [0.15, 0.2) is 29.8 Å². The zero-order chi connectivity index (χ0) is 13.2. The zero-order valence-corrected chi connectivity index (χ0v) is 12.0. The number of thiazole rings is 1. The summed E-state index contributed by atoms with van der Waals surface area (Å²) < 4.78 is 0.